The summed E-state index contributed by atoms with van der Waals surface area (Å²) in [5.41, 5.74) is 0. The fourth-order valence-corrected chi connectivity index (χ4v) is 6.68. The van der Waals surface area contributed by atoms with Gasteiger partial charge in [-0.05, 0) is 12.8 Å². The van der Waals surface area contributed by atoms with Gasteiger partial charge in [-0.15, -0.1) is 0 Å². The average molecular weight is 728 g/mol. The van der Waals surface area contributed by atoms with Gasteiger partial charge < -0.3 is 40.3 Å². The lowest BCUT2D eigenvalue weighted by atomic mass is 9.99. The number of unbranched alkanes of at least 4 members (excludes halogenated alkanes) is 18. The first-order valence-electron chi connectivity index (χ1n) is 19.0. The van der Waals surface area contributed by atoms with Crippen LogP contribution < -0.4 is 5.32 Å². The summed E-state index contributed by atoms with van der Waals surface area (Å²) < 4.78 is 47.2. The molecule has 1 saturated heterocycles. The van der Waals surface area contributed by atoms with Crippen LogP contribution in [-0.4, -0.2) is 107 Å². The predicted molar refractivity (Wildman–Crippen MR) is 187 cm³/mol. The van der Waals surface area contributed by atoms with Gasteiger partial charge >= 0.3 is 10.4 Å². The summed E-state index contributed by atoms with van der Waals surface area (Å²) in [7, 11) is -5.10. The molecule has 1 amide bonds. The van der Waals surface area contributed by atoms with Gasteiger partial charge in [-0.2, -0.15) is 8.42 Å². The van der Waals surface area contributed by atoms with Crippen molar-refractivity contribution in [3.05, 3.63) is 0 Å². The average Bonchev–Trinajstić information content (AvgIpc) is 3.06. The summed E-state index contributed by atoms with van der Waals surface area (Å²) in [6.45, 7) is 3.20. The molecule has 0 aromatic heterocycles. The van der Waals surface area contributed by atoms with Crippen molar-refractivity contribution < 1.29 is 57.0 Å². The van der Waals surface area contributed by atoms with E-state index in [0.29, 0.717) is 19.3 Å². The van der Waals surface area contributed by atoms with E-state index in [0.717, 1.165) is 38.5 Å². The zero-order valence-corrected chi connectivity index (χ0v) is 30.9. The number of rotatable bonds is 31. The number of ether oxygens (including phenoxy) is 2. The van der Waals surface area contributed by atoms with Gasteiger partial charge in [0.1, 0.15) is 30.5 Å². The second-order valence-corrected chi connectivity index (χ2v) is 14.7. The van der Waals surface area contributed by atoms with Gasteiger partial charge in [-0.25, -0.2) is 4.18 Å². The number of nitrogens with one attached hydrogen (secondary N) is 1. The van der Waals surface area contributed by atoms with Crippen LogP contribution in [-0.2, 0) is 28.9 Å². The summed E-state index contributed by atoms with van der Waals surface area (Å²) in [6.07, 6.45) is 11.8. The van der Waals surface area contributed by atoms with Gasteiger partial charge in [0, 0.05) is 0 Å². The summed E-state index contributed by atoms with van der Waals surface area (Å²) in [4.78, 5) is 13.0. The molecule has 292 valence electrons. The molecule has 1 fully saturated rings. The van der Waals surface area contributed by atoms with Crippen molar-refractivity contribution in [3.8, 4) is 0 Å². The molecule has 8 unspecified atom stereocenters. The zero-order valence-electron chi connectivity index (χ0n) is 30.1. The second-order valence-electron chi connectivity index (χ2n) is 13.7. The Morgan fingerprint density at radius 2 is 1.18 bits per heavy atom. The van der Waals surface area contributed by atoms with E-state index in [2.05, 4.69) is 23.3 Å². The molecule has 0 saturated carbocycles. The Bertz CT molecular complexity index is 926. The molecule has 14 heteroatoms. The van der Waals surface area contributed by atoms with Gasteiger partial charge in [0.15, 0.2) is 6.29 Å². The van der Waals surface area contributed by atoms with Crippen LogP contribution in [0, 0.1) is 0 Å². The first-order chi connectivity index (χ1) is 23.4. The van der Waals surface area contributed by atoms with Crippen molar-refractivity contribution in [2.24, 2.45) is 0 Å². The van der Waals surface area contributed by atoms with E-state index in [4.69, 9.17) is 14.0 Å². The summed E-state index contributed by atoms with van der Waals surface area (Å²) in [6, 6.07) is -1.02. The van der Waals surface area contributed by atoms with E-state index < -0.39 is 78.5 Å². The number of aliphatic hydroxyl groups is 5. The predicted octanol–water partition coefficient (Wildman–Crippen LogP) is 4.46. The largest absolute Gasteiger partial charge is 0.397 e. The number of aliphatic hydroxyl groups excluding tert-OH is 5. The Morgan fingerprint density at radius 3 is 1.63 bits per heavy atom. The highest BCUT2D eigenvalue weighted by molar-refractivity contribution is 7.80. The molecule has 49 heavy (non-hydrogen) atoms. The van der Waals surface area contributed by atoms with Crippen molar-refractivity contribution in [1.29, 1.82) is 0 Å². The number of amides is 1. The lowest BCUT2D eigenvalue weighted by molar-refractivity contribution is -0.298. The van der Waals surface area contributed by atoms with Crippen LogP contribution >= 0.6 is 0 Å². The zero-order chi connectivity index (χ0) is 36.5. The van der Waals surface area contributed by atoms with E-state index >= 15 is 0 Å². The quantitative estimate of drug-likeness (QED) is 0.0390. The van der Waals surface area contributed by atoms with Crippen LogP contribution in [0.5, 0.6) is 0 Å². The number of carbonyl (C=O) groups excluding carboxylic acids is 1. The third kappa shape index (κ3) is 21.2. The maximum Gasteiger partial charge on any atom is 0.397 e. The highest BCUT2D eigenvalue weighted by atomic mass is 32.3. The third-order valence-corrected chi connectivity index (χ3v) is 9.74. The van der Waals surface area contributed by atoms with Gasteiger partial charge in [0.2, 0.25) is 5.91 Å². The molecule has 8 atom stereocenters. The van der Waals surface area contributed by atoms with Crippen molar-refractivity contribution in [2.45, 2.75) is 204 Å². The number of hydrogen-bond acceptors (Lipinski definition) is 11. The molecule has 0 spiro atoms. The summed E-state index contributed by atoms with van der Waals surface area (Å²) >= 11 is 0. The molecule has 1 heterocycles. The van der Waals surface area contributed by atoms with Crippen molar-refractivity contribution in [2.75, 3.05) is 13.2 Å². The molecule has 0 aromatic rings. The lowest BCUT2D eigenvalue weighted by Gasteiger charge is -2.41. The highest BCUT2D eigenvalue weighted by Crippen LogP contribution is 2.26. The maximum absolute atomic E-state index is 13.0. The van der Waals surface area contributed by atoms with Crippen molar-refractivity contribution >= 4 is 16.3 Å². The molecule has 1 aliphatic heterocycles. The van der Waals surface area contributed by atoms with Gasteiger partial charge in [-0.1, -0.05) is 142 Å². The van der Waals surface area contributed by atoms with Crippen LogP contribution in [0.1, 0.15) is 155 Å². The van der Waals surface area contributed by atoms with E-state index in [-0.39, 0.29) is 6.42 Å². The Hall–Kier alpha value is -0.940. The van der Waals surface area contributed by atoms with Crippen LogP contribution in [0.4, 0.5) is 0 Å². The lowest BCUT2D eigenvalue weighted by Crippen LogP contribution is -2.61. The first kappa shape index (κ1) is 46.1. The smallest absolute Gasteiger partial charge is 0.394 e. The minimum absolute atomic E-state index is 0.264. The fraction of sp³-hybridized carbons (Fsp3) is 0.971. The molecular formula is C35H69NO12S. The molecule has 0 aromatic carbocycles. The van der Waals surface area contributed by atoms with Crippen LogP contribution in [0.2, 0.25) is 0 Å². The maximum atomic E-state index is 13.0. The van der Waals surface area contributed by atoms with Crippen LogP contribution in [0.15, 0.2) is 0 Å². The molecule has 13 nitrogen and oxygen atoms in total. The second kappa shape index (κ2) is 27.7. The molecule has 0 radical (unpaired) electrons. The summed E-state index contributed by atoms with van der Waals surface area (Å²) in [5, 5.41) is 54.9. The highest BCUT2D eigenvalue weighted by Gasteiger charge is 2.48. The van der Waals surface area contributed by atoms with E-state index in [1.807, 2.05) is 0 Å². The van der Waals surface area contributed by atoms with Gasteiger partial charge in [0.05, 0.1) is 25.4 Å². The molecule has 1 rings (SSSR count). The molecule has 7 N–H and O–H groups in total. The fourth-order valence-electron chi connectivity index (χ4n) is 6.17. The van der Waals surface area contributed by atoms with Crippen LogP contribution in [0.25, 0.3) is 0 Å². The molecular weight excluding hydrogens is 658 g/mol. The third-order valence-electron chi connectivity index (χ3n) is 9.27. The minimum atomic E-state index is -5.10. The van der Waals surface area contributed by atoms with E-state index in [1.54, 1.807) is 0 Å². The SMILES string of the molecule is CCCCCCCCCCCCC(O)C(=O)NC(COC1OC(CO)C(O)C(OS(=O)(=O)O)C1O)C(O)CCCCCCCCCCCC. The Balaban J connectivity index is 2.70. The summed E-state index contributed by atoms with van der Waals surface area (Å²) in [5.74, 6) is -0.673. The Morgan fingerprint density at radius 1 is 0.735 bits per heavy atom. The van der Waals surface area contributed by atoms with Crippen molar-refractivity contribution in [3.63, 3.8) is 0 Å². The first-order valence-corrected chi connectivity index (χ1v) is 20.4. The van der Waals surface area contributed by atoms with Crippen molar-refractivity contribution in [1.82, 2.24) is 5.32 Å². The van der Waals surface area contributed by atoms with E-state index in [9.17, 15) is 38.7 Å². The normalized spacial score (nSPS) is 23.3. The number of carbonyl (C=O) groups is 1. The van der Waals surface area contributed by atoms with E-state index in [1.165, 1.54) is 77.0 Å². The monoisotopic (exact) mass is 727 g/mol. The molecule has 1 aliphatic rings. The number of hydrogen-bond donors (Lipinski definition) is 7. The van der Waals surface area contributed by atoms with Gasteiger partial charge in [0.25, 0.3) is 0 Å². The van der Waals surface area contributed by atoms with Gasteiger partial charge in [-0.3, -0.25) is 9.35 Å². The van der Waals surface area contributed by atoms with Crippen LogP contribution in [0.3, 0.4) is 0 Å². The Labute approximate surface area is 295 Å². The molecule has 0 aliphatic carbocycles. The standard InChI is InChI=1S/C35H69NO12S/c1-3-5-7-9-11-13-15-17-19-21-23-28(38)27(36-34(42)29(39)24-22-20-18-16-14-12-10-8-6-4-2)26-46-35-32(41)33(48-49(43,44)45)31(40)30(25-37)47-35/h27-33,35,37-41H,3-26H2,1-2H3,(H,36,42)(H,43,44,45). The topological polar surface area (TPSA) is 212 Å². The minimum Gasteiger partial charge on any atom is -0.394 e. The Kier molecular flexibility index (Phi) is 26.0. The molecule has 0 bridgehead atoms.